The van der Waals surface area contributed by atoms with E-state index in [9.17, 15) is 4.79 Å². The molecule has 0 aliphatic carbocycles. The molecule has 2 heterocycles. The fourth-order valence-electron chi connectivity index (χ4n) is 4.18. The Kier molecular flexibility index (Phi) is 7.02. The maximum Gasteiger partial charge on any atom is 0.224 e. The van der Waals surface area contributed by atoms with E-state index in [-0.39, 0.29) is 11.8 Å². The zero-order valence-corrected chi connectivity index (χ0v) is 18.6. The van der Waals surface area contributed by atoms with Crippen molar-refractivity contribution in [3.8, 4) is 22.6 Å². The number of rotatable bonds is 7. The lowest BCUT2D eigenvalue weighted by molar-refractivity contribution is -0.124. The first-order chi connectivity index (χ1) is 15.6. The summed E-state index contributed by atoms with van der Waals surface area (Å²) < 4.78 is 10.8. The van der Waals surface area contributed by atoms with Crippen LogP contribution in [-0.2, 0) is 17.8 Å². The van der Waals surface area contributed by atoms with Crippen molar-refractivity contribution in [2.45, 2.75) is 13.0 Å². The molecule has 1 atom stereocenters. The van der Waals surface area contributed by atoms with Crippen LogP contribution < -0.4 is 14.8 Å². The van der Waals surface area contributed by atoms with Crippen LogP contribution in [0, 0.1) is 5.92 Å². The van der Waals surface area contributed by atoms with Gasteiger partial charge in [0.25, 0.3) is 0 Å². The van der Waals surface area contributed by atoms with Crippen molar-refractivity contribution in [1.29, 1.82) is 0 Å². The molecule has 1 aliphatic heterocycles. The first kappa shape index (κ1) is 21.8. The quantitative estimate of drug-likeness (QED) is 0.620. The number of pyridine rings is 1. The molecule has 1 amide bonds. The molecule has 1 aliphatic rings. The molecule has 2 aromatic carbocycles. The van der Waals surface area contributed by atoms with Crippen LogP contribution in [0.4, 0.5) is 0 Å². The summed E-state index contributed by atoms with van der Waals surface area (Å²) in [5, 5.41) is 3.08. The number of nitrogens with zero attached hydrogens (tertiary/aromatic N) is 2. The Morgan fingerprint density at radius 1 is 1.00 bits per heavy atom. The van der Waals surface area contributed by atoms with Gasteiger partial charge in [-0.25, -0.2) is 0 Å². The Hall–Kier alpha value is -3.38. The van der Waals surface area contributed by atoms with Crippen molar-refractivity contribution in [2.24, 2.45) is 5.92 Å². The third-order valence-electron chi connectivity index (χ3n) is 5.80. The van der Waals surface area contributed by atoms with Gasteiger partial charge in [0.1, 0.15) is 11.5 Å². The molecule has 32 heavy (non-hydrogen) atoms. The van der Waals surface area contributed by atoms with Crippen molar-refractivity contribution in [3.05, 3.63) is 78.1 Å². The Morgan fingerprint density at radius 2 is 1.78 bits per heavy atom. The highest BCUT2D eigenvalue weighted by molar-refractivity contribution is 5.79. The normalized spacial score (nSPS) is 16.8. The zero-order valence-electron chi connectivity index (χ0n) is 18.6. The predicted molar refractivity (Wildman–Crippen MR) is 125 cm³/mol. The van der Waals surface area contributed by atoms with Gasteiger partial charge < -0.3 is 14.8 Å². The van der Waals surface area contributed by atoms with Crippen LogP contribution in [0.15, 0.2) is 67.0 Å². The second-order valence-corrected chi connectivity index (χ2v) is 8.09. The van der Waals surface area contributed by atoms with Gasteiger partial charge in [0.2, 0.25) is 5.91 Å². The molecule has 0 spiro atoms. The van der Waals surface area contributed by atoms with Crippen molar-refractivity contribution in [1.82, 2.24) is 15.2 Å². The van der Waals surface area contributed by atoms with Gasteiger partial charge in [-0.2, -0.15) is 0 Å². The summed E-state index contributed by atoms with van der Waals surface area (Å²) in [6, 6.07) is 18.3. The van der Waals surface area contributed by atoms with Gasteiger partial charge >= 0.3 is 0 Å². The van der Waals surface area contributed by atoms with E-state index in [1.54, 1.807) is 20.4 Å². The molecule has 1 N–H and O–H groups in total. The lowest BCUT2D eigenvalue weighted by Gasteiger charge is -2.23. The Bertz CT molecular complexity index is 1030. The van der Waals surface area contributed by atoms with Crippen LogP contribution >= 0.6 is 0 Å². The summed E-state index contributed by atoms with van der Waals surface area (Å²) >= 11 is 0. The summed E-state index contributed by atoms with van der Waals surface area (Å²) in [5.41, 5.74) is 4.45. The maximum atomic E-state index is 12.8. The smallest absolute Gasteiger partial charge is 0.224 e. The van der Waals surface area contributed by atoms with Crippen LogP contribution in [0.5, 0.6) is 11.5 Å². The lowest BCUT2D eigenvalue weighted by atomic mass is 9.95. The van der Waals surface area contributed by atoms with Gasteiger partial charge in [-0.3, -0.25) is 14.7 Å². The molecule has 1 unspecified atom stereocenters. The fourth-order valence-corrected chi connectivity index (χ4v) is 4.18. The number of benzene rings is 2. The zero-order chi connectivity index (χ0) is 22.3. The third kappa shape index (κ3) is 5.45. The SMILES string of the molecule is COc1cc(CN2CCNC(=O)C(Cc3cccc(-c4cccnc4)c3)C2)cc(OC)c1. The van der Waals surface area contributed by atoms with Crippen LogP contribution in [0.1, 0.15) is 11.1 Å². The van der Waals surface area contributed by atoms with E-state index in [0.717, 1.165) is 46.8 Å². The van der Waals surface area contributed by atoms with Gasteiger partial charge in [0.15, 0.2) is 0 Å². The second kappa shape index (κ2) is 10.3. The van der Waals surface area contributed by atoms with E-state index in [1.165, 1.54) is 0 Å². The van der Waals surface area contributed by atoms with Crippen molar-refractivity contribution >= 4 is 5.91 Å². The lowest BCUT2D eigenvalue weighted by Crippen LogP contribution is -2.33. The van der Waals surface area contributed by atoms with Gasteiger partial charge in [0.05, 0.1) is 20.1 Å². The van der Waals surface area contributed by atoms with E-state index in [4.69, 9.17) is 9.47 Å². The van der Waals surface area contributed by atoms with Crippen LogP contribution in [0.25, 0.3) is 11.1 Å². The largest absolute Gasteiger partial charge is 0.497 e. The van der Waals surface area contributed by atoms with Crippen LogP contribution in [0.2, 0.25) is 0 Å². The van der Waals surface area contributed by atoms with Gasteiger partial charge in [0, 0.05) is 44.6 Å². The number of ether oxygens (including phenoxy) is 2. The molecule has 1 aromatic heterocycles. The Labute approximate surface area is 189 Å². The number of carbonyl (C=O) groups excluding carboxylic acids is 1. The molecule has 1 fully saturated rings. The minimum atomic E-state index is -0.117. The van der Waals surface area contributed by atoms with Gasteiger partial charge in [-0.1, -0.05) is 30.3 Å². The molecule has 0 bridgehead atoms. The summed E-state index contributed by atoms with van der Waals surface area (Å²) in [7, 11) is 3.31. The van der Waals surface area contributed by atoms with Gasteiger partial charge in [-0.15, -0.1) is 0 Å². The average Bonchev–Trinajstić information content (AvgIpc) is 3.00. The molecule has 6 heteroatoms. The molecular weight excluding hydrogens is 402 g/mol. The number of nitrogens with one attached hydrogen (secondary N) is 1. The topological polar surface area (TPSA) is 63.7 Å². The summed E-state index contributed by atoms with van der Waals surface area (Å²) in [6.45, 7) is 2.88. The molecule has 4 rings (SSSR count). The monoisotopic (exact) mass is 431 g/mol. The van der Waals surface area contributed by atoms with Crippen molar-refractivity contribution < 1.29 is 14.3 Å². The predicted octanol–water partition coefficient (Wildman–Crippen LogP) is 3.56. The minimum Gasteiger partial charge on any atom is -0.497 e. The molecule has 166 valence electrons. The highest BCUT2D eigenvalue weighted by Gasteiger charge is 2.25. The minimum absolute atomic E-state index is 0.113. The van der Waals surface area contributed by atoms with E-state index >= 15 is 0 Å². The van der Waals surface area contributed by atoms with E-state index in [1.807, 2.05) is 36.5 Å². The average molecular weight is 432 g/mol. The summed E-state index contributed by atoms with van der Waals surface area (Å²) in [4.78, 5) is 19.3. The highest BCUT2D eigenvalue weighted by Crippen LogP contribution is 2.25. The Balaban J connectivity index is 1.49. The standard InChI is InChI=1S/C26H29N3O3/c1-31-24-13-20(14-25(15-24)32-2)17-29-10-9-28-26(30)23(18-29)12-19-5-3-6-21(11-19)22-7-4-8-27-16-22/h3-8,11,13-16,23H,9-10,12,17-18H2,1-2H3,(H,28,30). The highest BCUT2D eigenvalue weighted by atomic mass is 16.5. The number of hydrogen-bond donors (Lipinski definition) is 1. The first-order valence-electron chi connectivity index (χ1n) is 10.9. The number of methoxy groups -OCH3 is 2. The molecule has 0 radical (unpaired) electrons. The maximum absolute atomic E-state index is 12.8. The van der Waals surface area contributed by atoms with Crippen molar-refractivity contribution in [2.75, 3.05) is 33.9 Å². The molecule has 6 nitrogen and oxygen atoms in total. The van der Waals surface area contributed by atoms with E-state index < -0.39 is 0 Å². The molecule has 3 aromatic rings. The van der Waals surface area contributed by atoms with Gasteiger partial charge in [-0.05, 0) is 46.9 Å². The van der Waals surface area contributed by atoms with Crippen LogP contribution in [0.3, 0.4) is 0 Å². The number of carbonyl (C=O) groups is 1. The van der Waals surface area contributed by atoms with E-state index in [0.29, 0.717) is 19.5 Å². The summed E-state index contributed by atoms with van der Waals surface area (Å²) in [6.07, 6.45) is 4.33. The van der Waals surface area contributed by atoms with E-state index in [2.05, 4.69) is 39.5 Å². The molecular formula is C26H29N3O3. The molecule has 0 saturated carbocycles. The fraction of sp³-hybridized carbons (Fsp3) is 0.308. The number of aromatic nitrogens is 1. The third-order valence-corrected chi connectivity index (χ3v) is 5.80. The van der Waals surface area contributed by atoms with Crippen LogP contribution in [-0.4, -0.2) is 49.6 Å². The van der Waals surface area contributed by atoms with Crippen molar-refractivity contribution in [3.63, 3.8) is 0 Å². The number of hydrogen-bond acceptors (Lipinski definition) is 5. The number of amides is 1. The first-order valence-corrected chi connectivity index (χ1v) is 10.9. The summed E-state index contributed by atoms with van der Waals surface area (Å²) in [5.74, 6) is 1.54. The second-order valence-electron chi connectivity index (χ2n) is 8.09. The Morgan fingerprint density at radius 3 is 2.50 bits per heavy atom. The molecule has 1 saturated heterocycles.